The molecule has 3 amide bonds. The number of nitrogens with zero attached hydrogens (tertiary/aromatic N) is 5. The van der Waals surface area contributed by atoms with Crippen molar-refractivity contribution in [2.24, 2.45) is 0 Å². The van der Waals surface area contributed by atoms with Crippen LogP contribution in [-0.4, -0.2) is 62.4 Å². The lowest BCUT2D eigenvalue weighted by molar-refractivity contribution is -0.385. The molecule has 6 aromatic carbocycles. The number of hydrogen-bond donors (Lipinski definition) is 2. The Bertz CT molecular complexity index is 2970. The Morgan fingerprint density at radius 3 is 1.08 bits per heavy atom. The molecule has 0 atom stereocenters. The van der Waals surface area contributed by atoms with Gasteiger partial charge in [0.05, 0.1) is 33.1 Å². The number of amides is 3. The van der Waals surface area contributed by atoms with Crippen molar-refractivity contribution in [2.45, 2.75) is 102 Å². The highest BCUT2D eigenvalue weighted by atomic mass is 16.6. The van der Waals surface area contributed by atoms with Gasteiger partial charge in [-0.25, -0.2) is 4.79 Å². The zero-order valence-electron chi connectivity index (χ0n) is 41.8. The zero-order valence-corrected chi connectivity index (χ0v) is 41.8. The molecule has 2 fully saturated rings. The highest BCUT2D eigenvalue weighted by molar-refractivity contribution is 5.96. The van der Waals surface area contributed by atoms with Crippen LogP contribution in [0.2, 0.25) is 0 Å². The van der Waals surface area contributed by atoms with E-state index in [-0.39, 0.29) is 81.5 Å². The van der Waals surface area contributed by atoms with E-state index in [0.717, 1.165) is 0 Å². The SMILES string of the molecule is CC(C)(C)OC(=O)N(C1CCC(NC(=O)c2cc(Oc3ccc(C#N)cc3)cc(Oc3ccc([N+](=O)[O-])cc3)c2)CC1)C1CCC(NC(=O)c2cc(Oc3ccc(C#N)cc3)cc(Oc3ccc([N+](=O)[O-])cc3)c2)CC1. The summed E-state index contributed by atoms with van der Waals surface area (Å²) in [6.07, 6.45) is 4.19. The van der Waals surface area contributed by atoms with Gasteiger partial charge in [0.1, 0.15) is 51.6 Å². The van der Waals surface area contributed by atoms with Gasteiger partial charge in [0.15, 0.2) is 0 Å². The van der Waals surface area contributed by atoms with Crippen LogP contribution in [0.25, 0.3) is 0 Å². The molecule has 0 unspecified atom stereocenters. The Hall–Kier alpha value is -9.49. The topological polar surface area (TPSA) is 259 Å². The summed E-state index contributed by atoms with van der Waals surface area (Å²) in [5.41, 5.74) is 0.398. The molecule has 0 heterocycles. The van der Waals surface area contributed by atoms with E-state index < -0.39 is 21.5 Å². The number of hydrogen-bond acceptors (Lipinski definition) is 14. The van der Waals surface area contributed by atoms with Crippen LogP contribution in [0.3, 0.4) is 0 Å². The van der Waals surface area contributed by atoms with E-state index in [1.54, 1.807) is 84.9 Å². The van der Waals surface area contributed by atoms with Crippen LogP contribution in [0, 0.1) is 42.9 Å². The number of nitriles is 2. The zero-order chi connectivity index (χ0) is 53.9. The Labute approximate surface area is 437 Å². The van der Waals surface area contributed by atoms with Gasteiger partial charge in [0, 0.05) is 71.7 Å². The van der Waals surface area contributed by atoms with Crippen molar-refractivity contribution in [3.05, 3.63) is 176 Å². The van der Waals surface area contributed by atoms with E-state index in [9.17, 15) is 45.1 Å². The maximum absolute atomic E-state index is 14.1. The van der Waals surface area contributed by atoms with Gasteiger partial charge in [0.25, 0.3) is 23.2 Å². The summed E-state index contributed by atoms with van der Waals surface area (Å²) in [6, 6.07) is 36.7. The van der Waals surface area contributed by atoms with Crippen molar-refractivity contribution in [1.29, 1.82) is 10.5 Å². The predicted molar refractivity (Wildman–Crippen MR) is 277 cm³/mol. The maximum atomic E-state index is 14.1. The Morgan fingerprint density at radius 2 is 0.803 bits per heavy atom. The van der Waals surface area contributed by atoms with E-state index in [1.165, 1.54) is 48.5 Å². The van der Waals surface area contributed by atoms with Crippen LogP contribution < -0.4 is 29.6 Å². The molecule has 2 aliphatic rings. The summed E-state index contributed by atoms with van der Waals surface area (Å²) in [6.45, 7) is 5.46. The van der Waals surface area contributed by atoms with Crippen molar-refractivity contribution < 1.29 is 47.9 Å². The molecule has 0 saturated heterocycles. The molecular weight excluding hydrogens is 975 g/mol. The molecule has 388 valence electrons. The molecule has 0 aliphatic heterocycles. The fraction of sp³-hybridized carbons (Fsp3) is 0.281. The minimum Gasteiger partial charge on any atom is -0.457 e. The molecule has 19 nitrogen and oxygen atoms in total. The smallest absolute Gasteiger partial charge is 0.410 e. The van der Waals surface area contributed by atoms with Crippen LogP contribution in [0.5, 0.6) is 46.0 Å². The summed E-state index contributed by atoms with van der Waals surface area (Å²) < 4.78 is 30.2. The number of non-ortho nitro benzene ring substituents is 2. The molecule has 2 N–H and O–H groups in total. The Morgan fingerprint density at radius 1 is 0.500 bits per heavy atom. The van der Waals surface area contributed by atoms with Crippen molar-refractivity contribution in [3.8, 4) is 58.1 Å². The average Bonchev–Trinajstić information content (AvgIpc) is 3.40. The lowest BCUT2D eigenvalue weighted by Gasteiger charge is -2.44. The van der Waals surface area contributed by atoms with Gasteiger partial charge in [-0.3, -0.25) is 29.8 Å². The number of nitrogens with one attached hydrogen (secondary N) is 2. The number of carbonyl (C=O) groups is 3. The first kappa shape index (κ1) is 52.8. The predicted octanol–water partition coefficient (Wildman–Crippen LogP) is 12.4. The van der Waals surface area contributed by atoms with E-state index >= 15 is 0 Å². The number of nitro groups is 2. The summed E-state index contributed by atoms with van der Waals surface area (Å²) in [7, 11) is 0. The third-order valence-electron chi connectivity index (χ3n) is 12.7. The molecule has 8 rings (SSSR count). The van der Waals surface area contributed by atoms with E-state index in [4.69, 9.17) is 23.7 Å². The number of nitro benzene ring substituents is 2. The van der Waals surface area contributed by atoms with Gasteiger partial charge >= 0.3 is 6.09 Å². The first-order valence-corrected chi connectivity index (χ1v) is 24.6. The first-order valence-electron chi connectivity index (χ1n) is 24.6. The molecule has 2 saturated carbocycles. The molecule has 2 aliphatic carbocycles. The van der Waals surface area contributed by atoms with Crippen LogP contribution >= 0.6 is 0 Å². The number of benzene rings is 6. The van der Waals surface area contributed by atoms with Crippen molar-refractivity contribution in [2.75, 3.05) is 0 Å². The number of carbonyl (C=O) groups excluding carboxylic acids is 3. The summed E-state index contributed by atoms with van der Waals surface area (Å²) in [5, 5.41) is 47.3. The van der Waals surface area contributed by atoms with Crippen molar-refractivity contribution in [1.82, 2.24) is 15.5 Å². The highest BCUT2D eigenvalue weighted by Gasteiger charge is 2.38. The molecule has 0 radical (unpaired) electrons. The number of rotatable bonds is 16. The van der Waals surface area contributed by atoms with Gasteiger partial charge in [-0.05, 0) is 169 Å². The van der Waals surface area contributed by atoms with Crippen LogP contribution in [0.1, 0.15) is 104 Å². The lowest BCUT2D eigenvalue weighted by Crippen LogP contribution is -2.53. The van der Waals surface area contributed by atoms with Crippen molar-refractivity contribution in [3.63, 3.8) is 0 Å². The Balaban J connectivity index is 0.920. The van der Waals surface area contributed by atoms with Gasteiger partial charge in [-0.2, -0.15) is 10.5 Å². The first-order chi connectivity index (χ1) is 36.5. The normalized spacial score (nSPS) is 17.1. The van der Waals surface area contributed by atoms with Crippen molar-refractivity contribution >= 4 is 29.3 Å². The average molecular weight is 1030 g/mol. The lowest BCUT2D eigenvalue weighted by atomic mass is 9.85. The second-order valence-electron chi connectivity index (χ2n) is 19.4. The molecule has 0 aromatic heterocycles. The number of ether oxygens (including phenoxy) is 5. The minimum atomic E-state index is -0.759. The van der Waals surface area contributed by atoms with Crippen LogP contribution in [-0.2, 0) is 4.74 Å². The molecule has 76 heavy (non-hydrogen) atoms. The summed E-state index contributed by atoms with van der Waals surface area (Å²) in [4.78, 5) is 65.4. The summed E-state index contributed by atoms with van der Waals surface area (Å²) in [5.74, 6) is 1.73. The fourth-order valence-corrected chi connectivity index (χ4v) is 9.10. The standard InChI is InChI=1S/C57H53N7O12/c1-57(2,3)76-56(67)62(42-12-8-40(9-13-42)60-54(65)38-28-50(72-46-20-4-36(34-58)5-21-46)32-52(30-38)74-48-24-16-44(17-25-48)63(68)69)43-14-10-41(11-15-43)61-55(66)39-29-51(73-47-22-6-37(35-59)7-23-47)33-53(31-39)75-49-26-18-45(19-27-49)64(70)71/h4-7,16-33,40-43H,8-15H2,1-3H3,(H,60,65)(H,61,66). The molecule has 0 spiro atoms. The second-order valence-corrected chi connectivity index (χ2v) is 19.4. The van der Waals surface area contributed by atoms with E-state index in [0.29, 0.717) is 85.5 Å². The monoisotopic (exact) mass is 1030 g/mol. The largest absolute Gasteiger partial charge is 0.457 e. The molecule has 0 bridgehead atoms. The molecule has 19 heteroatoms. The van der Waals surface area contributed by atoms with Gasteiger partial charge < -0.3 is 39.2 Å². The summed E-state index contributed by atoms with van der Waals surface area (Å²) >= 11 is 0. The highest BCUT2D eigenvalue weighted by Crippen LogP contribution is 2.36. The van der Waals surface area contributed by atoms with Gasteiger partial charge in [-0.1, -0.05) is 0 Å². The van der Waals surface area contributed by atoms with Gasteiger partial charge in [-0.15, -0.1) is 0 Å². The molecule has 6 aromatic rings. The van der Waals surface area contributed by atoms with Gasteiger partial charge in [0.2, 0.25) is 0 Å². The minimum absolute atomic E-state index is 0.107. The molecular formula is C57H53N7O12. The van der Waals surface area contributed by atoms with E-state index in [1.807, 2.05) is 25.7 Å². The van der Waals surface area contributed by atoms with Crippen LogP contribution in [0.4, 0.5) is 16.2 Å². The second kappa shape index (κ2) is 23.6. The van der Waals surface area contributed by atoms with Crippen LogP contribution in [0.15, 0.2) is 133 Å². The third kappa shape index (κ3) is 14.2. The fourth-order valence-electron chi connectivity index (χ4n) is 9.10. The third-order valence-corrected chi connectivity index (χ3v) is 12.7. The van der Waals surface area contributed by atoms with E-state index in [2.05, 4.69) is 22.8 Å². The quantitative estimate of drug-likeness (QED) is 0.0675. The Kier molecular flexibility index (Phi) is 16.4. The maximum Gasteiger partial charge on any atom is 0.410 e.